The maximum absolute atomic E-state index is 5.68. The molecule has 1 aliphatic rings. The fourth-order valence-electron chi connectivity index (χ4n) is 3.40. The summed E-state index contributed by atoms with van der Waals surface area (Å²) >= 11 is 5.68. The summed E-state index contributed by atoms with van der Waals surface area (Å²) in [6.45, 7) is 10.0. The molecule has 0 unspecified atom stereocenters. The Balaban J connectivity index is 1.59. The lowest BCUT2D eigenvalue weighted by Gasteiger charge is -2.25. The van der Waals surface area contributed by atoms with Gasteiger partial charge in [0.2, 0.25) is 5.95 Å². The molecule has 1 aromatic heterocycles. The van der Waals surface area contributed by atoms with Gasteiger partial charge in [-0.3, -0.25) is 0 Å². The number of aromatic nitrogens is 2. The Hall–Kier alpha value is -2.21. The van der Waals surface area contributed by atoms with Crippen LogP contribution in [0.2, 0.25) is 0 Å². The molecule has 144 valence electrons. The quantitative estimate of drug-likeness (QED) is 0.807. The van der Waals surface area contributed by atoms with Crippen molar-refractivity contribution in [3.63, 3.8) is 0 Å². The highest BCUT2D eigenvalue weighted by molar-refractivity contribution is 7.80. The number of aryl methyl sites for hydroxylation is 3. The normalized spacial score (nSPS) is 14.8. The monoisotopic (exact) mass is 383 g/mol. The second kappa shape index (κ2) is 9.13. The summed E-state index contributed by atoms with van der Waals surface area (Å²) in [6, 6.07) is 6.39. The standard InChI is InChI=1S/C21H29N5S/c1-4-6-18-14-22-20(23-15-18)25-9-5-10-26(12-11-25)21(27)24-19-8-7-16(2)13-17(19)3/h7-8,13-15H,4-6,9-12H2,1-3H3,(H,24,27). The molecule has 1 fully saturated rings. The SMILES string of the molecule is CCCc1cnc(N2CCCN(C(=S)Nc3ccc(C)cc3C)CC2)nc1. The average molecular weight is 384 g/mol. The van der Waals surface area contributed by atoms with Gasteiger partial charge in [0.25, 0.3) is 0 Å². The lowest BCUT2D eigenvalue weighted by molar-refractivity contribution is 0.454. The van der Waals surface area contributed by atoms with E-state index in [2.05, 4.69) is 64.1 Å². The second-order valence-corrected chi connectivity index (χ2v) is 7.60. The maximum Gasteiger partial charge on any atom is 0.225 e. The van der Waals surface area contributed by atoms with Gasteiger partial charge in [0.1, 0.15) is 0 Å². The third kappa shape index (κ3) is 5.16. The van der Waals surface area contributed by atoms with Crippen LogP contribution in [0.1, 0.15) is 36.5 Å². The second-order valence-electron chi connectivity index (χ2n) is 7.22. The van der Waals surface area contributed by atoms with Crippen molar-refractivity contribution in [2.75, 3.05) is 36.4 Å². The summed E-state index contributed by atoms with van der Waals surface area (Å²) in [5, 5.41) is 4.21. The van der Waals surface area contributed by atoms with E-state index in [0.717, 1.165) is 62.2 Å². The Morgan fingerprint density at radius 3 is 2.59 bits per heavy atom. The number of nitrogens with one attached hydrogen (secondary N) is 1. The first-order valence-corrected chi connectivity index (χ1v) is 10.2. The molecule has 1 saturated heterocycles. The van der Waals surface area contributed by atoms with E-state index in [-0.39, 0.29) is 0 Å². The number of anilines is 2. The number of hydrogen-bond donors (Lipinski definition) is 1. The highest BCUT2D eigenvalue weighted by atomic mass is 32.1. The van der Waals surface area contributed by atoms with Gasteiger partial charge in [0.05, 0.1) is 0 Å². The van der Waals surface area contributed by atoms with Crippen LogP contribution in [0.15, 0.2) is 30.6 Å². The highest BCUT2D eigenvalue weighted by Crippen LogP contribution is 2.18. The molecule has 0 spiro atoms. The van der Waals surface area contributed by atoms with E-state index in [1.807, 2.05) is 12.4 Å². The Morgan fingerprint density at radius 1 is 1.11 bits per heavy atom. The van der Waals surface area contributed by atoms with Crippen LogP contribution in [0.25, 0.3) is 0 Å². The minimum atomic E-state index is 0.794. The van der Waals surface area contributed by atoms with Crippen molar-refractivity contribution >= 4 is 29.0 Å². The summed E-state index contributed by atoms with van der Waals surface area (Å²) in [6.07, 6.45) is 7.11. The predicted octanol–water partition coefficient (Wildman–Crippen LogP) is 3.96. The number of rotatable bonds is 4. The molecule has 5 nitrogen and oxygen atoms in total. The van der Waals surface area contributed by atoms with E-state index in [1.165, 1.54) is 16.7 Å². The van der Waals surface area contributed by atoms with Gasteiger partial charge in [-0.05, 0) is 56.1 Å². The van der Waals surface area contributed by atoms with Crippen molar-refractivity contribution in [1.82, 2.24) is 14.9 Å². The van der Waals surface area contributed by atoms with Crippen molar-refractivity contribution in [3.05, 3.63) is 47.3 Å². The zero-order valence-corrected chi connectivity index (χ0v) is 17.4. The van der Waals surface area contributed by atoms with Gasteiger partial charge in [-0.2, -0.15) is 0 Å². The third-order valence-electron chi connectivity index (χ3n) is 4.92. The Morgan fingerprint density at radius 2 is 1.89 bits per heavy atom. The van der Waals surface area contributed by atoms with Crippen LogP contribution >= 0.6 is 12.2 Å². The molecule has 1 aliphatic heterocycles. The van der Waals surface area contributed by atoms with Crippen molar-refractivity contribution in [2.24, 2.45) is 0 Å². The molecular weight excluding hydrogens is 354 g/mol. The fraction of sp³-hybridized carbons (Fsp3) is 0.476. The van der Waals surface area contributed by atoms with Gasteiger partial charge in [0.15, 0.2) is 5.11 Å². The van der Waals surface area contributed by atoms with Gasteiger partial charge in [-0.1, -0.05) is 31.0 Å². The zero-order chi connectivity index (χ0) is 19.2. The fourth-order valence-corrected chi connectivity index (χ4v) is 3.69. The molecule has 0 saturated carbocycles. The molecule has 0 amide bonds. The lowest BCUT2D eigenvalue weighted by atomic mass is 10.1. The molecule has 2 aromatic rings. The molecule has 6 heteroatoms. The van der Waals surface area contributed by atoms with Crippen molar-refractivity contribution in [1.29, 1.82) is 0 Å². The van der Waals surface area contributed by atoms with Crippen LogP contribution in [0.4, 0.5) is 11.6 Å². The summed E-state index contributed by atoms with van der Waals surface area (Å²) < 4.78 is 0. The predicted molar refractivity (Wildman–Crippen MR) is 117 cm³/mol. The van der Waals surface area contributed by atoms with Crippen LogP contribution < -0.4 is 10.2 Å². The van der Waals surface area contributed by atoms with Crippen LogP contribution in [-0.2, 0) is 6.42 Å². The third-order valence-corrected chi connectivity index (χ3v) is 5.28. The molecule has 27 heavy (non-hydrogen) atoms. The molecular formula is C21H29N5S. The van der Waals surface area contributed by atoms with Gasteiger partial charge < -0.3 is 15.1 Å². The number of nitrogens with zero attached hydrogens (tertiary/aromatic N) is 4. The first-order chi connectivity index (χ1) is 13.1. The first-order valence-electron chi connectivity index (χ1n) is 9.76. The van der Waals surface area contributed by atoms with Gasteiger partial charge >= 0.3 is 0 Å². The van der Waals surface area contributed by atoms with Crippen LogP contribution in [0, 0.1) is 13.8 Å². The average Bonchev–Trinajstić information content (AvgIpc) is 2.91. The van der Waals surface area contributed by atoms with E-state index in [4.69, 9.17) is 12.2 Å². The summed E-state index contributed by atoms with van der Waals surface area (Å²) in [5.41, 5.74) is 4.77. The van der Waals surface area contributed by atoms with Gasteiger partial charge in [-0.25, -0.2) is 9.97 Å². The molecule has 1 aromatic carbocycles. The molecule has 1 N–H and O–H groups in total. The molecule has 3 rings (SSSR count). The Labute approximate surface area is 167 Å². The molecule has 0 aliphatic carbocycles. The maximum atomic E-state index is 5.68. The molecule has 0 atom stereocenters. The summed E-state index contributed by atoms with van der Waals surface area (Å²) in [5.74, 6) is 0.824. The minimum absolute atomic E-state index is 0.794. The first kappa shape index (κ1) is 19.5. The van der Waals surface area contributed by atoms with Crippen LogP contribution in [0.3, 0.4) is 0 Å². The van der Waals surface area contributed by atoms with Gasteiger partial charge in [-0.15, -0.1) is 0 Å². The molecule has 2 heterocycles. The minimum Gasteiger partial charge on any atom is -0.347 e. The lowest BCUT2D eigenvalue weighted by Crippen LogP contribution is -2.38. The summed E-state index contributed by atoms with van der Waals surface area (Å²) in [7, 11) is 0. The highest BCUT2D eigenvalue weighted by Gasteiger charge is 2.19. The number of hydrogen-bond acceptors (Lipinski definition) is 4. The zero-order valence-electron chi connectivity index (χ0n) is 16.5. The van der Waals surface area contributed by atoms with Crippen molar-refractivity contribution in [2.45, 2.75) is 40.0 Å². The van der Waals surface area contributed by atoms with E-state index < -0.39 is 0 Å². The van der Waals surface area contributed by atoms with Gasteiger partial charge in [0, 0.05) is 44.3 Å². The number of thiocarbonyl (C=S) groups is 1. The van der Waals surface area contributed by atoms with E-state index in [9.17, 15) is 0 Å². The summed E-state index contributed by atoms with van der Waals surface area (Å²) in [4.78, 5) is 13.6. The van der Waals surface area contributed by atoms with Crippen molar-refractivity contribution < 1.29 is 0 Å². The number of benzene rings is 1. The van der Waals surface area contributed by atoms with Crippen LogP contribution in [-0.4, -0.2) is 46.2 Å². The molecule has 0 radical (unpaired) electrons. The molecule has 0 bridgehead atoms. The van der Waals surface area contributed by atoms with E-state index >= 15 is 0 Å². The van der Waals surface area contributed by atoms with Crippen molar-refractivity contribution in [3.8, 4) is 0 Å². The van der Waals surface area contributed by atoms with E-state index in [0.29, 0.717) is 0 Å². The topological polar surface area (TPSA) is 44.3 Å². The largest absolute Gasteiger partial charge is 0.347 e. The van der Waals surface area contributed by atoms with Crippen LogP contribution in [0.5, 0.6) is 0 Å². The van der Waals surface area contributed by atoms with E-state index in [1.54, 1.807) is 0 Å². The Kier molecular flexibility index (Phi) is 6.61. The smallest absolute Gasteiger partial charge is 0.225 e. The Bertz CT molecular complexity index is 775.